The normalized spacial score (nSPS) is 9.44. The second-order valence-corrected chi connectivity index (χ2v) is 4.17. The summed E-state index contributed by atoms with van der Waals surface area (Å²) in [4.78, 5) is 12.3. The van der Waals surface area contributed by atoms with Gasteiger partial charge in [0.25, 0.3) is 0 Å². The van der Waals surface area contributed by atoms with Crippen molar-refractivity contribution in [1.29, 1.82) is 5.26 Å². The van der Waals surface area contributed by atoms with Crippen molar-refractivity contribution in [2.45, 2.75) is 11.3 Å². The van der Waals surface area contributed by atoms with E-state index in [0.717, 1.165) is 4.90 Å². The van der Waals surface area contributed by atoms with Gasteiger partial charge in [-0.1, -0.05) is 6.07 Å². The van der Waals surface area contributed by atoms with E-state index in [2.05, 4.69) is 5.32 Å². The minimum atomic E-state index is -0.0670. The highest BCUT2D eigenvalue weighted by Crippen LogP contribution is 2.19. The molecular weight excluding hydrogens is 222 g/mol. The van der Waals surface area contributed by atoms with Gasteiger partial charge in [-0.25, -0.2) is 0 Å². The van der Waals surface area contributed by atoms with Crippen LogP contribution in [0.2, 0.25) is 0 Å². The van der Waals surface area contributed by atoms with E-state index < -0.39 is 0 Å². The molecule has 1 rings (SSSR count). The van der Waals surface area contributed by atoms with Crippen LogP contribution in [0.4, 0.5) is 5.69 Å². The highest BCUT2D eigenvalue weighted by atomic mass is 32.2. The standard InChI is InChI=1S/C11H13N3OS/c12-5-2-6-14-11(15)8-16-10-4-1-3-9(13)7-10/h1,3-4,7H,2,6,8,13H2,(H,14,15). The molecule has 4 nitrogen and oxygen atoms in total. The smallest absolute Gasteiger partial charge is 0.230 e. The highest BCUT2D eigenvalue weighted by Gasteiger charge is 2.01. The quantitative estimate of drug-likeness (QED) is 0.459. The monoisotopic (exact) mass is 235 g/mol. The first-order chi connectivity index (χ1) is 7.72. The third-order valence-electron chi connectivity index (χ3n) is 1.79. The number of benzene rings is 1. The molecule has 0 heterocycles. The van der Waals surface area contributed by atoms with Crippen LogP contribution in [0.3, 0.4) is 0 Å². The second-order valence-electron chi connectivity index (χ2n) is 3.12. The highest BCUT2D eigenvalue weighted by molar-refractivity contribution is 8.00. The molecule has 0 atom stereocenters. The van der Waals surface area contributed by atoms with Gasteiger partial charge in [-0.2, -0.15) is 5.26 Å². The van der Waals surface area contributed by atoms with Crippen molar-refractivity contribution < 1.29 is 4.79 Å². The molecule has 0 aromatic heterocycles. The number of nitrogens with zero attached hydrogens (tertiary/aromatic N) is 1. The van der Waals surface area contributed by atoms with Crippen molar-refractivity contribution in [3.63, 3.8) is 0 Å². The van der Waals surface area contributed by atoms with Crippen LogP contribution in [0.25, 0.3) is 0 Å². The van der Waals surface area contributed by atoms with E-state index in [1.807, 2.05) is 24.3 Å². The van der Waals surface area contributed by atoms with Crippen molar-refractivity contribution >= 4 is 23.4 Å². The minimum absolute atomic E-state index is 0.0670. The van der Waals surface area contributed by atoms with Gasteiger partial charge in [0.05, 0.1) is 18.2 Å². The van der Waals surface area contributed by atoms with Crippen LogP contribution in [0.1, 0.15) is 6.42 Å². The molecule has 1 amide bonds. The molecule has 0 saturated carbocycles. The van der Waals surface area contributed by atoms with Gasteiger partial charge in [-0.3, -0.25) is 4.79 Å². The Bertz CT molecular complexity index is 400. The summed E-state index contributed by atoms with van der Waals surface area (Å²) < 4.78 is 0. The number of nitrogen functional groups attached to an aromatic ring is 1. The van der Waals surface area contributed by atoms with E-state index in [4.69, 9.17) is 11.0 Å². The first-order valence-corrected chi connectivity index (χ1v) is 5.83. The van der Waals surface area contributed by atoms with Gasteiger partial charge >= 0.3 is 0 Å². The number of thioether (sulfide) groups is 1. The maximum Gasteiger partial charge on any atom is 0.230 e. The Morgan fingerprint density at radius 1 is 1.56 bits per heavy atom. The molecule has 1 aromatic rings. The van der Waals surface area contributed by atoms with E-state index in [1.54, 1.807) is 6.07 Å². The van der Waals surface area contributed by atoms with Gasteiger partial charge in [-0.05, 0) is 18.2 Å². The summed E-state index contributed by atoms with van der Waals surface area (Å²) in [5.74, 6) is 0.275. The number of anilines is 1. The summed E-state index contributed by atoms with van der Waals surface area (Å²) in [6.07, 6.45) is 0.342. The predicted molar refractivity (Wildman–Crippen MR) is 64.8 cm³/mol. The first kappa shape index (κ1) is 12.4. The molecule has 0 fully saturated rings. The van der Waals surface area contributed by atoms with Crippen molar-refractivity contribution in [1.82, 2.24) is 5.32 Å². The lowest BCUT2D eigenvalue weighted by molar-refractivity contribution is -0.118. The van der Waals surface area contributed by atoms with Gasteiger partial charge < -0.3 is 11.1 Å². The lowest BCUT2D eigenvalue weighted by Gasteiger charge is -2.03. The van der Waals surface area contributed by atoms with E-state index in [9.17, 15) is 4.79 Å². The van der Waals surface area contributed by atoms with Crippen molar-refractivity contribution in [2.75, 3.05) is 18.0 Å². The summed E-state index contributed by atoms with van der Waals surface area (Å²) in [7, 11) is 0. The number of hydrogen-bond donors (Lipinski definition) is 2. The fraction of sp³-hybridized carbons (Fsp3) is 0.273. The van der Waals surface area contributed by atoms with Crippen LogP contribution < -0.4 is 11.1 Å². The molecule has 0 radical (unpaired) electrons. The van der Waals surface area contributed by atoms with E-state index in [1.165, 1.54) is 11.8 Å². The molecule has 16 heavy (non-hydrogen) atoms. The van der Waals surface area contributed by atoms with Crippen LogP contribution in [0, 0.1) is 11.3 Å². The number of nitriles is 1. The minimum Gasteiger partial charge on any atom is -0.399 e. The largest absolute Gasteiger partial charge is 0.399 e. The Hall–Kier alpha value is -1.67. The summed E-state index contributed by atoms with van der Waals surface area (Å²) in [6, 6.07) is 9.35. The molecule has 1 aromatic carbocycles. The van der Waals surface area contributed by atoms with Gasteiger partial charge in [-0.15, -0.1) is 11.8 Å². The molecule has 0 spiro atoms. The summed E-state index contributed by atoms with van der Waals surface area (Å²) in [5.41, 5.74) is 6.30. The second kappa shape index (κ2) is 6.75. The fourth-order valence-corrected chi connectivity index (χ4v) is 1.86. The number of nitrogens with one attached hydrogen (secondary N) is 1. The molecular formula is C11H13N3OS. The van der Waals surface area contributed by atoms with Crippen LogP contribution in [-0.4, -0.2) is 18.2 Å². The summed E-state index contributed by atoms with van der Waals surface area (Å²) in [5, 5.41) is 11.0. The first-order valence-electron chi connectivity index (χ1n) is 4.84. The molecule has 0 aliphatic rings. The number of carbonyl (C=O) groups is 1. The van der Waals surface area contributed by atoms with Crippen molar-refractivity contribution in [3.8, 4) is 6.07 Å². The number of amides is 1. The Morgan fingerprint density at radius 2 is 2.38 bits per heavy atom. The molecule has 0 aliphatic carbocycles. The van der Waals surface area contributed by atoms with Crippen LogP contribution in [0.5, 0.6) is 0 Å². The Kier molecular flexibility index (Phi) is 5.23. The van der Waals surface area contributed by atoms with Gasteiger partial charge in [0.1, 0.15) is 0 Å². The summed E-state index contributed by atoms with van der Waals surface area (Å²) in [6.45, 7) is 0.410. The molecule has 0 saturated heterocycles. The van der Waals surface area contributed by atoms with E-state index in [0.29, 0.717) is 24.4 Å². The number of hydrogen-bond acceptors (Lipinski definition) is 4. The molecule has 84 valence electrons. The van der Waals surface area contributed by atoms with Crippen molar-refractivity contribution in [2.24, 2.45) is 0 Å². The van der Waals surface area contributed by atoms with E-state index >= 15 is 0 Å². The molecule has 0 bridgehead atoms. The van der Waals surface area contributed by atoms with Crippen LogP contribution in [-0.2, 0) is 4.79 Å². The Labute approximate surface area is 98.8 Å². The fourth-order valence-electron chi connectivity index (χ4n) is 1.06. The third-order valence-corrected chi connectivity index (χ3v) is 2.78. The van der Waals surface area contributed by atoms with Crippen molar-refractivity contribution in [3.05, 3.63) is 24.3 Å². The Balaban J connectivity index is 2.29. The zero-order valence-electron chi connectivity index (χ0n) is 8.77. The third kappa shape index (κ3) is 4.71. The number of nitrogens with two attached hydrogens (primary N) is 1. The lowest BCUT2D eigenvalue weighted by atomic mass is 10.3. The molecule has 0 unspecified atom stereocenters. The van der Waals surface area contributed by atoms with Gasteiger partial charge in [0.15, 0.2) is 0 Å². The van der Waals surface area contributed by atoms with Crippen LogP contribution >= 0.6 is 11.8 Å². The molecule has 5 heteroatoms. The average molecular weight is 235 g/mol. The maximum absolute atomic E-state index is 11.3. The SMILES string of the molecule is N#CCCNC(=O)CSc1cccc(N)c1. The zero-order valence-corrected chi connectivity index (χ0v) is 9.59. The average Bonchev–Trinajstić information content (AvgIpc) is 2.27. The molecule has 0 aliphatic heterocycles. The van der Waals surface area contributed by atoms with E-state index in [-0.39, 0.29) is 5.91 Å². The lowest BCUT2D eigenvalue weighted by Crippen LogP contribution is -2.25. The van der Waals surface area contributed by atoms with Gasteiger partial charge in [0.2, 0.25) is 5.91 Å². The summed E-state index contributed by atoms with van der Waals surface area (Å²) >= 11 is 1.43. The maximum atomic E-state index is 11.3. The van der Waals surface area contributed by atoms with Gasteiger partial charge in [0, 0.05) is 17.1 Å². The van der Waals surface area contributed by atoms with Crippen LogP contribution in [0.15, 0.2) is 29.2 Å². The predicted octanol–water partition coefficient (Wildman–Crippen LogP) is 1.39. The molecule has 3 N–H and O–H groups in total. The zero-order chi connectivity index (χ0) is 11.8. The number of carbonyl (C=O) groups excluding carboxylic acids is 1. The topological polar surface area (TPSA) is 78.9 Å². The number of rotatable bonds is 5. The Morgan fingerprint density at radius 3 is 3.06 bits per heavy atom.